The van der Waals surface area contributed by atoms with Crippen LogP contribution in [0.2, 0.25) is 0 Å². The molecule has 0 radical (unpaired) electrons. The van der Waals surface area contributed by atoms with E-state index in [1.54, 1.807) is 4.68 Å². The highest BCUT2D eigenvalue weighted by Crippen LogP contribution is 2.10. The summed E-state index contributed by atoms with van der Waals surface area (Å²) in [6.07, 6.45) is 1.51. The highest BCUT2D eigenvalue weighted by atomic mass is 32.1. The minimum absolute atomic E-state index is 0.457. The molecule has 0 aromatic carbocycles. The van der Waals surface area contributed by atoms with Crippen molar-refractivity contribution in [2.45, 2.75) is 6.54 Å². The number of nitrogens with two attached hydrogens (primary N) is 1. The van der Waals surface area contributed by atoms with Crippen molar-refractivity contribution in [1.29, 1.82) is 0 Å². The second-order valence-corrected chi connectivity index (χ2v) is 3.14. The van der Waals surface area contributed by atoms with Crippen LogP contribution in [0.15, 0.2) is 6.33 Å². The van der Waals surface area contributed by atoms with Crippen molar-refractivity contribution in [1.82, 2.24) is 30.4 Å². The lowest BCUT2D eigenvalue weighted by Crippen LogP contribution is -1.99. The van der Waals surface area contributed by atoms with Crippen LogP contribution in [0.3, 0.4) is 0 Å². The molecule has 0 bridgehead atoms. The van der Waals surface area contributed by atoms with Gasteiger partial charge >= 0.3 is 0 Å². The Morgan fingerprint density at radius 2 is 2.42 bits per heavy atom. The Labute approximate surface area is 71.2 Å². The number of hydrogen-bond donors (Lipinski definition) is 1. The fraction of sp³-hybridized carbons (Fsp3) is 0.250. The number of hydrogen-bond acceptors (Lipinski definition) is 7. The first-order chi connectivity index (χ1) is 5.84. The summed E-state index contributed by atoms with van der Waals surface area (Å²) in [6.45, 7) is 0.516. The smallest absolute Gasteiger partial charge is 0.203 e. The number of rotatable bonds is 2. The number of aromatic nitrogens is 6. The maximum absolute atomic E-state index is 5.39. The van der Waals surface area contributed by atoms with Gasteiger partial charge in [0.1, 0.15) is 11.3 Å². The molecule has 0 saturated carbocycles. The molecule has 0 aliphatic heterocycles. The first kappa shape index (κ1) is 7.10. The van der Waals surface area contributed by atoms with Crippen LogP contribution in [-0.2, 0) is 6.54 Å². The van der Waals surface area contributed by atoms with Crippen molar-refractivity contribution < 1.29 is 0 Å². The van der Waals surface area contributed by atoms with Crippen molar-refractivity contribution in [3.05, 3.63) is 11.3 Å². The van der Waals surface area contributed by atoms with Gasteiger partial charge in [-0.1, -0.05) is 11.3 Å². The quantitative estimate of drug-likeness (QED) is 0.651. The summed E-state index contributed by atoms with van der Waals surface area (Å²) in [4.78, 5) is 0. The molecule has 0 atom stereocenters. The predicted molar refractivity (Wildman–Crippen MR) is 41.2 cm³/mol. The molecule has 12 heavy (non-hydrogen) atoms. The summed E-state index contributed by atoms with van der Waals surface area (Å²) in [5.74, 6) is 0. The monoisotopic (exact) mass is 183 g/mol. The molecule has 0 fully saturated rings. The van der Waals surface area contributed by atoms with Crippen LogP contribution in [0.1, 0.15) is 5.01 Å². The number of tetrazole rings is 1. The molecule has 0 amide bonds. The molecular formula is C4H5N7S. The third kappa shape index (κ3) is 1.37. The van der Waals surface area contributed by atoms with Crippen molar-refractivity contribution >= 4 is 16.5 Å². The van der Waals surface area contributed by atoms with Crippen LogP contribution in [0.4, 0.5) is 5.13 Å². The molecule has 2 rings (SSSR count). The Balaban J connectivity index is 2.14. The van der Waals surface area contributed by atoms with Gasteiger partial charge in [0.15, 0.2) is 0 Å². The second kappa shape index (κ2) is 2.81. The molecule has 7 nitrogen and oxygen atoms in total. The number of anilines is 1. The average molecular weight is 183 g/mol. The van der Waals surface area contributed by atoms with Crippen molar-refractivity contribution in [3.8, 4) is 0 Å². The van der Waals surface area contributed by atoms with E-state index in [0.717, 1.165) is 5.01 Å². The van der Waals surface area contributed by atoms with Crippen LogP contribution in [0.5, 0.6) is 0 Å². The summed E-state index contributed by atoms with van der Waals surface area (Å²) in [5, 5.41) is 19.4. The van der Waals surface area contributed by atoms with Crippen LogP contribution < -0.4 is 5.73 Å². The van der Waals surface area contributed by atoms with E-state index in [1.165, 1.54) is 17.7 Å². The molecule has 0 unspecified atom stereocenters. The van der Waals surface area contributed by atoms with Gasteiger partial charge < -0.3 is 5.73 Å². The molecule has 0 spiro atoms. The lowest BCUT2D eigenvalue weighted by atomic mass is 10.7. The van der Waals surface area contributed by atoms with Crippen LogP contribution in [0, 0.1) is 0 Å². The standard InChI is InChI=1S/C4H5N7S/c5-4-8-7-3(12-4)1-11-2-6-9-10-11/h2H,1H2,(H2,5,8). The van der Waals surface area contributed by atoms with Crippen LogP contribution in [0.25, 0.3) is 0 Å². The molecule has 2 aromatic heterocycles. The Bertz CT molecular complexity index is 351. The van der Waals surface area contributed by atoms with Crippen molar-refractivity contribution in [3.63, 3.8) is 0 Å². The normalized spacial score (nSPS) is 10.3. The Morgan fingerprint density at radius 1 is 1.50 bits per heavy atom. The highest BCUT2D eigenvalue weighted by Gasteiger charge is 2.01. The topological polar surface area (TPSA) is 95.4 Å². The Hall–Kier alpha value is -1.57. The van der Waals surface area contributed by atoms with Crippen molar-refractivity contribution in [2.75, 3.05) is 5.73 Å². The SMILES string of the molecule is Nc1nnc(Cn2cnnn2)s1. The van der Waals surface area contributed by atoms with E-state index in [2.05, 4.69) is 25.7 Å². The van der Waals surface area contributed by atoms with Gasteiger partial charge in [-0.2, -0.15) is 0 Å². The summed E-state index contributed by atoms with van der Waals surface area (Å²) < 4.78 is 1.56. The Morgan fingerprint density at radius 3 is 3.00 bits per heavy atom. The largest absolute Gasteiger partial charge is 0.374 e. The predicted octanol–water partition coefficient (Wildman–Crippen LogP) is -0.845. The van der Waals surface area contributed by atoms with Crippen molar-refractivity contribution in [2.24, 2.45) is 0 Å². The summed E-state index contributed by atoms with van der Waals surface area (Å²) in [6, 6.07) is 0. The van der Waals surface area contributed by atoms with Gasteiger partial charge in [-0.05, 0) is 10.4 Å². The third-order valence-electron chi connectivity index (χ3n) is 1.17. The second-order valence-electron chi connectivity index (χ2n) is 2.04. The molecule has 2 N–H and O–H groups in total. The highest BCUT2D eigenvalue weighted by molar-refractivity contribution is 7.15. The Kier molecular flexibility index (Phi) is 1.67. The van der Waals surface area contributed by atoms with E-state index in [0.29, 0.717) is 11.7 Å². The zero-order valence-electron chi connectivity index (χ0n) is 5.95. The van der Waals surface area contributed by atoms with Gasteiger partial charge in [0.05, 0.1) is 6.54 Å². The maximum Gasteiger partial charge on any atom is 0.203 e. The van der Waals surface area contributed by atoms with E-state index >= 15 is 0 Å². The molecule has 2 heterocycles. The zero-order valence-corrected chi connectivity index (χ0v) is 6.77. The van der Waals surface area contributed by atoms with Gasteiger partial charge in [0, 0.05) is 0 Å². The zero-order chi connectivity index (χ0) is 8.39. The molecule has 2 aromatic rings. The van der Waals surface area contributed by atoms with E-state index in [9.17, 15) is 0 Å². The van der Waals surface area contributed by atoms with Gasteiger partial charge in [-0.25, -0.2) is 4.68 Å². The van der Waals surface area contributed by atoms with E-state index in [-0.39, 0.29) is 0 Å². The third-order valence-corrected chi connectivity index (χ3v) is 1.91. The van der Waals surface area contributed by atoms with Crippen LogP contribution >= 0.6 is 11.3 Å². The lowest BCUT2D eigenvalue weighted by molar-refractivity contribution is 0.641. The van der Waals surface area contributed by atoms with Crippen LogP contribution in [-0.4, -0.2) is 30.4 Å². The molecule has 62 valence electrons. The number of nitrogens with zero attached hydrogens (tertiary/aromatic N) is 6. The fourth-order valence-corrected chi connectivity index (χ4v) is 1.32. The number of nitrogen functional groups attached to an aromatic ring is 1. The van der Waals surface area contributed by atoms with Gasteiger partial charge in [0.2, 0.25) is 5.13 Å². The van der Waals surface area contributed by atoms with Gasteiger partial charge in [0.25, 0.3) is 0 Å². The minimum Gasteiger partial charge on any atom is -0.374 e. The first-order valence-electron chi connectivity index (χ1n) is 3.13. The van der Waals surface area contributed by atoms with Gasteiger partial charge in [-0.15, -0.1) is 15.3 Å². The van der Waals surface area contributed by atoms with E-state index < -0.39 is 0 Å². The average Bonchev–Trinajstić information content (AvgIpc) is 2.63. The molecule has 0 aliphatic rings. The van der Waals surface area contributed by atoms with E-state index in [4.69, 9.17) is 5.73 Å². The first-order valence-corrected chi connectivity index (χ1v) is 3.95. The molecule has 0 aliphatic carbocycles. The van der Waals surface area contributed by atoms with Gasteiger partial charge in [-0.3, -0.25) is 0 Å². The van der Waals surface area contributed by atoms with E-state index in [1.807, 2.05) is 0 Å². The fourth-order valence-electron chi connectivity index (χ4n) is 0.722. The minimum atomic E-state index is 0.457. The molecule has 8 heteroatoms. The summed E-state index contributed by atoms with van der Waals surface area (Å²) >= 11 is 1.33. The summed E-state index contributed by atoms with van der Waals surface area (Å²) in [5.41, 5.74) is 5.39. The maximum atomic E-state index is 5.39. The molecular weight excluding hydrogens is 178 g/mol. The summed E-state index contributed by atoms with van der Waals surface area (Å²) in [7, 11) is 0. The lowest BCUT2D eigenvalue weighted by Gasteiger charge is -1.90. The molecule has 0 saturated heterocycles.